The van der Waals surface area contributed by atoms with Gasteiger partial charge in [0.15, 0.2) is 0 Å². The van der Waals surface area contributed by atoms with E-state index in [1.807, 2.05) is 30.3 Å². The summed E-state index contributed by atoms with van der Waals surface area (Å²) in [7, 11) is 0. The van der Waals surface area contributed by atoms with E-state index in [9.17, 15) is 0 Å². The topological polar surface area (TPSA) is 0 Å². The van der Waals surface area contributed by atoms with E-state index in [0.717, 1.165) is 15.6 Å². The van der Waals surface area contributed by atoms with Crippen molar-refractivity contribution in [3.8, 4) is 0 Å². The summed E-state index contributed by atoms with van der Waals surface area (Å²) >= 11 is 25.2. The second-order valence-electron chi connectivity index (χ2n) is 3.70. The molecule has 0 N–H and O–H groups in total. The molecule has 94 valence electrons. The van der Waals surface area contributed by atoms with E-state index in [1.54, 1.807) is 6.07 Å². The van der Waals surface area contributed by atoms with E-state index in [4.69, 9.17) is 34.8 Å². The van der Waals surface area contributed by atoms with E-state index in [0.29, 0.717) is 15.1 Å². The zero-order valence-electron chi connectivity index (χ0n) is 8.93. The first kappa shape index (κ1) is 14.7. The van der Waals surface area contributed by atoms with Gasteiger partial charge in [0.25, 0.3) is 0 Å². The zero-order chi connectivity index (χ0) is 13.3. The van der Waals surface area contributed by atoms with Gasteiger partial charge >= 0.3 is 0 Å². The fraction of sp³-hybridized carbons (Fsp3) is 0.0769. The number of hydrogen-bond donors (Lipinski definition) is 0. The van der Waals surface area contributed by atoms with Crippen LogP contribution in [0.5, 0.6) is 0 Å². The molecule has 0 radical (unpaired) electrons. The Hall–Kier alpha value is 0.270. The first-order valence-electron chi connectivity index (χ1n) is 5.03. The van der Waals surface area contributed by atoms with Crippen LogP contribution in [0.2, 0.25) is 15.1 Å². The number of hydrogen-bond acceptors (Lipinski definition) is 0. The molecule has 2 aromatic carbocycles. The Balaban J connectivity index is 2.41. The quantitative estimate of drug-likeness (QED) is 0.456. The molecule has 0 nitrogen and oxygen atoms in total. The van der Waals surface area contributed by atoms with Crippen molar-refractivity contribution >= 4 is 66.7 Å². The average molecular weight is 429 g/mol. The summed E-state index contributed by atoms with van der Waals surface area (Å²) in [5, 5.41) is 1.77. The Morgan fingerprint density at radius 3 is 2.17 bits per heavy atom. The van der Waals surface area contributed by atoms with Crippen LogP contribution in [0.25, 0.3) is 0 Å². The molecule has 0 saturated heterocycles. The highest BCUT2D eigenvalue weighted by atomic mass is 79.9. The summed E-state index contributed by atoms with van der Waals surface area (Å²) in [5.74, 6) is 0. The fourth-order valence-corrected chi connectivity index (χ4v) is 3.46. The van der Waals surface area contributed by atoms with Gasteiger partial charge in [-0.05, 0) is 35.4 Å². The van der Waals surface area contributed by atoms with Crippen molar-refractivity contribution in [3.63, 3.8) is 0 Å². The van der Waals surface area contributed by atoms with Crippen molar-refractivity contribution in [3.05, 3.63) is 67.1 Å². The van der Waals surface area contributed by atoms with E-state index in [-0.39, 0.29) is 4.83 Å². The van der Waals surface area contributed by atoms with Gasteiger partial charge in [0.05, 0.1) is 14.9 Å². The molecule has 0 aliphatic heterocycles. The summed E-state index contributed by atoms with van der Waals surface area (Å²) in [6.07, 6.45) is 0. The van der Waals surface area contributed by atoms with Gasteiger partial charge in [-0.3, -0.25) is 0 Å². The first-order chi connectivity index (χ1) is 8.49. The normalized spacial score (nSPS) is 12.5. The lowest BCUT2D eigenvalue weighted by molar-refractivity contribution is 1.18. The lowest BCUT2D eigenvalue weighted by Gasteiger charge is -2.13. The molecule has 0 aliphatic carbocycles. The van der Waals surface area contributed by atoms with Crippen molar-refractivity contribution in [2.24, 2.45) is 0 Å². The van der Waals surface area contributed by atoms with Gasteiger partial charge in [-0.15, -0.1) is 0 Å². The summed E-state index contributed by atoms with van der Waals surface area (Å²) in [6, 6.07) is 11.3. The lowest BCUT2D eigenvalue weighted by atomic mass is 10.0. The summed E-state index contributed by atoms with van der Waals surface area (Å²) in [5.41, 5.74) is 1.99. The van der Waals surface area contributed by atoms with Crippen LogP contribution in [0.1, 0.15) is 16.0 Å². The van der Waals surface area contributed by atoms with Gasteiger partial charge in [-0.25, -0.2) is 0 Å². The van der Waals surface area contributed by atoms with E-state index in [2.05, 4.69) is 31.9 Å². The van der Waals surface area contributed by atoms with E-state index in [1.165, 1.54) is 0 Å². The maximum atomic E-state index is 6.23. The minimum Gasteiger partial charge on any atom is -0.0839 e. The highest BCUT2D eigenvalue weighted by Gasteiger charge is 2.15. The summed E-state index contributed by atoms with van der Waals surface area (Å²) in [4.78, 5) is -0.0205. The molecule has 1 unspecified atom stereocenters. The Kier molecular flexibility index (Phi) is 5.01. The zero-order valence-corrected chi connectivity index (χ0v) is 14.4. The van der Waals surface area contributed by atoms with Gasteiger partial charge in [0, 0.05) is 9.50 Å². The van der Waals surface area contributed by atoms with Gasteiger partial charge in [0.2, 0.25) is 0 Å². The third kappa shape index (κ3) is 3.23. The van der Waals surface area contributed by atoms with Gasteiger partial charge in [-0.2, -0.15) is 0 Å². The van der Waals surface area contributed by atoms with Gasteiger partial charge in [-0.1, -0.05) is 78.8 Å². The molecule has 0 saturated carbocycles. The van der Waals surface area contributed by atoms with Gasteiger partial charge in [0.1, 0.15) is 0 Å². The fourth-order valence-electron chi connectivity index (χ4n) is 1.56. The van der Waals surface area contributed by atoms with E-state index >= 15 is 0 Å². The van der Waals surface area contributed by atoms with Crippen molar-refractivity contribution < 1.29 is 0 Å². The van der Waals surface area contributed by atoms with Crippen LogP contribution in [0.3, 0.4) is 0 Å². The smallest absolute Gasteiger partial charge is 0.0659 e. The standard InChI is InChI=1S/C13H7Br2Cl3/c14-8-2-3-9(11(17)6-8)13(15)7-1-4-10(16)12(18)5-7/h1-6,13H. The molecule has 0 amide bonds. The highest BCUT2D eigenvalue weighted by molar-refractivity contribution is 9.10. The number of alkyl halides is 1. The number of benzene rings is 2. The second kappa shape index (κ2) is 6.15. The highest BCUT2D eigenvalue weighted by Crippen LogP contribution is 2.38. The van der Waals surface area contributed by atoms with E-state index < -0.39 is 0 Å². The van der Waals surface area contributed by atoms with Crippen LogP contribution < -0.4 is 0 Å². The van der Waals surface area contributed by atoms with Crippen molar-refractivity contribution in [1.82, 2.24) is 0 Å². The SMILES string of the molecule is Clc1ccc(C(Br)c2ccc(Br)cc2Cl)cc1Cl. The third-order valence-electron chi connectivity index (χ3n) is 2.47. The molecule has 0 heterocycles. The first-order valence-corrected chi connectivity index (χ1v) is 7.87. The second-order valence-corrected chi connectivity index (χ2v) is 6.75. The monoisotopic (exact) mass is 426 g/mol. The predicted octanol–water partition coefficient (Wildman–Crippen LogP) is 6.89. The third-order valence-corrected chi connectivity index (χ3v) is 5.05. The van der Waals surface area contributed by atoms with Crippen LogP contribution in [-0.2, 0) is 0 Å². The molecule has 1 atom stereocenters. The van der Waals surface area contributed by atoms with Gasteiger partial charge < -0.3 is 0 Å². The molecule has 2 aromatic rings. The van der Waals surface area contributed by atoms with Crippen LogP contribution in [-0.4, -0.2) is 0 Å². The maximum Gasteiger partial charge on any atom is 0.0659 e. The molecule has 5 heteroatoms. The van der Waals surface area contributed by atoms with Crippen LogP contribution >= 0.6 is 66.7 Å². The minimum atomic E-state index is -0.0205. The molecule has 18 heavy (non-hydrogen) atoms. The van der Waals surface area contributed by atoms with Crippen LogP contribution in [0.15, 0.2) is 40.9 Å². The predicted molar refractivity (Wildman–Crippen MR) is 86.4 cm³/mol. The summed E-state index contributed by atoms with van der Waals surface area (Å²) < 4.78 is 0.949. The molecule has 0 bridgehead atoms. The maximum absolute atomic E-state index is 6.23. The molecule has 0 aliphatic rings. The largest absolute Gasteiger partial charge is 0.0839 e. The summed E-state index contributed by atoms with van der Waals surface area (Å²) in [6.45, 7) is 0. The number of rotatable bonds is 2. The Morgan fingerprint density at radius 2 is 1.56 bits per heavy atom. The molecule has 0 fully saturated rings. The van der Waals surface area contributed by atoms with Crippen LogP contribution in [0.4, 0.5) is 0 Å². The molecule has 0 spiro atoms. The van der Waals surface area contributed by atoms with Crippen molar-refractivity contribution in [1.29, 1.82) is 0 Å². The molecular weight excluding hydrogens is 422 g/mol. The molecular formula is C13H7Br2Cl3. The average Bonchev–Trinajstić information content (AvgIpc) is 2.32. The van der Waals surface area contributed by atoms with Crippen LogP contribution in [0, 0.1) is 0 Å². The Labute approximate surface area is 137 Å². The minimum absolute atomic E-state index is 0.0205. The number of halogens is 5. The molecule has 0 aromatic heterocycles. The van der Waals surface area contributed by atoms with Crippen molar-refractivity contribution in [2.75, 3.05) is 0 Å². The molecule has 2 rings (SSSR count). The van der Waals surface area contributed by atoms with Crippen molar-refractivity contribution in [2.45, 2.75) is 4.83 Å². The Morgan fingerprint density at radius 1 is 0.833 bits per heavy atom. The Bertz CT molecular complexity index is 584. The lowest BCUT2D eigenvalue weighted by Crippen LogP contribution is -1.94.